The summed E-state index contributed by atoms with van der Waals surface area (Å²) in [7, 11) is 0. The van der Waals surface area contributed by atoms with E-state index in [1.165, 1.54) is 5.56 Å². The highest BCUT2D eigenvalue weighted by Crippen LogP contribution is 2.35. The molecule has 1 aromatic heterocycles. The van der Waals surface area contributed by atoms with Gasteiger partial charge in [0.05, 0.1) is 5.56 Å². The van der Waals surface area contributed by atoms with Gasteiger partial charge in [-0.25, -0.2) is 0 Å². The molecule has 4 rings (SSSR count). The number of fused-ring (bicyclic) bond motifs is 1. The number of pyridine rings is 1. The molecule has 0 radical (unpaired) electrons. The van der Waals surface area contributed by atoms with Crippen molar-refractivity contribution in [2.24, 2.45) is 5.92 Å². The van der Waals surface area contributed by atoms with Crippen LogP contribution in [0.3, 0.4) is 0 Å². The molecule has 136 valence electrons. The number of amides is 1. The summed E-state index contributed by atoms with van der Waals surface area (Å²) in [5.41, 5.74) is 5.90. The summed E-state index contributed by atoms with van der Waals surface area (Å²) in [5, 5.41) is 3.00. The van der Waals surface area contributed by atoms with Crippen molar-refractivity contribution in [1.29, 1.82) is 0 Å². The highest BCUT2D eigenvalue weighted by Gasteiger charge is 2.26. The Balaban J connectivity index is 1.83. The minimum Gasteiger partial charge on any atom is -0.345 e. The third-order valence-corrected chi connectivity index (χ3v) is 5.50. The van der Waals surface area contributed by atoms with E-state index in [-0.39, 0.29) is 5.91 Å². The Kier molecular flexibility index (Phi) is 4.90. The van der Waals surface area contributed by atoms with Crippen molar-refractivity contribution < 1.29 is 4.79 Å². The topological polar surface area (TPSA) is 44.9 Å². The van der Waals surface area contributed by atoms with Crippen LogP contribution in [-0.4, -0.2) is 10.9 Å². The second kappa shape index (κ2) is 7.49. The number of carbonyl (C=O) groups excluding carboxylic acids is 1. The van der Waals surface area contributed by atoms with Gasteiger partial charge in [-0.1, -0.05) is 67.7 Å². The van der Waals surface area contributed by atoms with E-state index in [2.05, 4.69) is 29.4 Å². The first-order valence-corrected chi connectivity index (χ1v) is 9.74. The standard InChI is InChI=1S/C23H22N2OS/c1-15-12-13-18-19(14-15)20(22(26)24-17-10-6-3-7-11-17)23(27)25-21(18)16-8-4-2-5-9-16/h2-11,15H,12-14H2,1H3,(H,24,26)(H,25,27). The fourth-order valence-electron chi connectivity index (χ4n) is 3.84. The van der Waals surface area contributed by atoms with Crippen molar-refractivity contribution in [3.05, 3.63) is 82.0 Å². The van der Waals surface area contributed by atoms with E-state index in [0.29, 0.717) is 16.1 Å². The van der Waals surface area contributed by atoms with E-state index in [1.54, 1.807) is 0 Å². The van der Waals surface area contributed by atoms with Crippen molar-refractivity contribution >= 4 is 23.8 Å². The van der Waals surface area contributed by atoms with Crippen LogP contribution in [0.15, 0.2) is 60.7 Å². The number of rotatable bonds is 3. The van der Waals surface area contributed by atoms with Crippen LogP contribution in [0.2, 0.25) is 0 Å². The molecule has 27 heavy (non-hydrogen) atoms. The zero-order valence-corrected chi connectivity index (χ0v) is 16.1. The summed E-state index contributed by atoms with van der Waals surface area (Å²) < 4.78 is 0.509. The largest absolute Gasteiger partial charge is 0.345 e. The van der Waals surface area contributed by atoms with Gasteiger partial charge < -0.3 is 10.3 Å². The van der Waals surface area contributed by atoms with Crippen molar-refractivity contribution in [2.75, 3.05) is 5.32 Å². The second-order valence-corrected chi connectivity index (χ2v) is 7.60. The molecule has 0 spiro atoms. The van der Waals surface area contributed by atoms with Gasteiger partial charge >= 0.3 is 0 Å². The fourth-order valence-corrected chi connectivity index (χ4v) is 4.16. The van der Waals surface area contributed by atoms with Gasteiger partial charge in [0.1, 0.15) is 4.64 Å². The Morgan fingerprint density at radius 2 is 1.70 bits per heavy atom. The molecule has 1 aliphatic carbocycles. The number of hydrogen-bond donors (Lipinski definition) is 2. The van der Waals surface area contributed by atoms with Gasteiger partial charge in [0.2, 0.25) is 0 Å². The summed E-state index contributed by atoms with van der Waals surface area (Å²) in [6, 6.07) is 19.8. The van der Waals surface area contributed by atoms with Crippen molar-refractivity contribution in [3.8, 4) is 11.3 Å². The van der Waals surface area contributed by atoms with Gasteiger partial charge in [-0.2, -0.15) is 0 Å². The molecule has 0 bridgehead atoms. The van der Waals surface area contributed by atoms with Crippen LogP contribution in [0.1, 0.15) is 34.8 Å². The third-order valence-electron chi connectivity index (χ3n) is 5.19. The van der Waals surface area contributed by atoms with Gasteiger partial charge in [0, 0.05) is 11.4 Å². The molecule has 0 saturated carbocycles. The lowest BCUT2D eigenvalue weighted by molar-refractivity contribution is 0.102. The minimum absolute atomic E-state index is 0.132. The zero-order valence-electron chi connectivity index (χ0n) is 15.3. The molecule has 0 aliphatic heterocycles. The average Bonchev–Trinajstić information content (AvgIpc) is 2.68. The Morgan fingerprint density at radius 3 is 2.41 bits per heavy atom. The maximum absolute atomic E-state index is 13.1. The SMILES string of the molecule is CC1CCc2c(-c3ccccc3)[nH]c(=S)c(C(=O)Nc3ccccc3)c2C1. The number of aromatic amines is 1. The van der Waals surface area contributed by atoms with Crippen LogP contribution in [0, 0.1) is 10.6 Å². The maximum Gasteiger partial charge on any atom is 0.258 e. The van der Waals surface area contributed by atoms with Crippen LogP contribution in [0.4, 0.5) is 5.69 Å². The van der Waals surface area contributed by atoms with Gasteiger partial charge in [0.25, 0.3) is 5.91 Å². The zero-order chi connectivity index (χ0) is 18.8. The Hall–Kier alpha value is -2.72. The first-order chi connectivity index (χ1) is 13.1. The molecule has 1 atom stereocenters. The number of aromatic nitrogens is 1. The lowest BCUT2D eigenvalue weighted by atomic mass is 9.81. The maximum atomic E-state index is 13.1. The van der Waals surface area contributed by atoms with Gasteiger partial charge in [-0.05, 0) is 54.0 Å². The molecule has 2 aromatic carbocycles. The molecule has 1 aliphatic rings. The molecule has 4 heteroatoms. The van der Waals surface area contributed by atoms with Crippen LogP contribution in [-0.2, 0) is 12.8 Å². The first-order valence-electron chi connectivity index (χ1n) is 9.33. The number of H-pyrrole nitrogens is 1. The fraction of sp³-hybridized carbons (Fsp3) is 0.217. The van der Waals surface area contributed by atoms with Gasteiger partial charge in [-0.15, -0.1) is 0 Å². The van der Waals surface area contributed by atoms with Crippen molar-refractivity contribution in [1.82, 2.24) is 4.98 Å². The number of carbonyl (C=O) groups is 1. The van der Waals surface area contributed by atoms with Crippen LogP contribution in [0.5, 0.6) is 0 Å². The molecule has 1 unspecified atom stereocenters. The van der Waals surface area contributed by atoms with Crippen molar-refractivity contribution in [2.45, 2.75) is 26.2 Å². The highest BCUT2D eigenvalue weighted by atomic mass is 32.1. The van der Waals surface area contributed by atoms with E-state index in [0.717, 1.165) is 41.8 Å². The number of hydrogen-bond acceptors (Lipinski definition) is 2. The molecule has 1 heterocycles. The van der Waals surface area contributed by atoms with Gasteiger partial charge in [-0.3, -0.25) is 4.79 Å². The molecule has 0 saturated heterocycles. The Labute approximate surface area is 164 Å². The molecule has 3 aromatic rings. The smallest absolute Gasteiger partial charge is 0.258 e. The average molecular weight is 375 g/mol. The lowest BCUT2D eigenvalue weighted by Gasteiger charge is -2.26. The highest BCUT2D eigenvalue weighted by molar-refractivity contribution is 7.71. The first kappa shape index (κ1) is 17.7. The van der Waals surface area contributed by atoms with Crippen LogP contribution in [0.25, 0.3) is 11.3 Å². The van der Waals surface area contributed by atoms with Crippen LogP contribution < -0.4 is 5.32 Å². The molecule has 1 amide bonds. The Morgan fingerprint density at radius 1 is 1.04 bits per heavy atom. The molecular formula is C23H22N2OS. The number of para-hydroxylation sites is 1. The third kappa shape index (κ3) is 3.58. The lowest BCUT2D eigenvalue weighted by Crippen LogP contribution is -2.22. The van der Waals surface area contributed by atoms with E-state index < -0.39 is 0 Å². The van der Waals surface area contributed by atoms with E-state index in [4.69, 9.17) is 12.2 Å². The normalized spacial score (nSPS) is 15.8. The summed E-state index contributed by atoms with van der Waals surface area (Å²) in [6.45, 7) is 2.24. The summed E-state index contributed by atoms with van der Waals surface area (Å²) in [6.07, 6.45) is 2.96. The van der Waals surface area contributed by atoms with Crippen LogP contribution >= 0.6 is 12.2 Å². The number of anilines is 1. The van der Waals surface area contributed by atoms with E-state index in [1.807, 2.05) is 48.5 Å². The molecule has 2 N–H and O–H groups in total. The predicted molar refractivity (Wildman–Crippen MR) is 113 cm³/mol. The monoisotopic (exact) mass is 374 g/mol. The quantitative estimate of drug-likeness (QED) is 0.570. The Bertz CT molecular complexity index is 1030. The predicted octanol–water partition coefficient (Wildman–Crippen LogP) is 5.79. The van der Waals surface area contributed by atoms with Crippen molar-refractivity contribution in [3.63, 3.8) is 0 Å². The summed E-state index contributed by atoms with van der Waals surface area (Å²) >= 11 is 5.64. The minimum atomic E-state index is -0.132. The van der Waals surface area contributed by atoms with E-state index >= 15 is 0 Å². The second-order valence-electron chi connectivity index (χ2n) is 7.20. The molecule has 3 nitrogen and oxygen atoms in total. The number of benzene rings is 2. The summed E-state index contributed by atoms with van der Waals surface area (Å²) in [5.74, 6) is 0.411. The summed E-state index contributed by atoms with van der Waals surface area (Å²) in [4.78, 5) is 16.4. The van der Waals surface area contributed by atoms with Gasteiger partial charge in [0.15, 0.2) is 0 Å². The molecule has 0 fully saturated rings. The van der Waals surface area contributed by atoms with E-state index in [9.17, 15) is 4.79 Å². The number of nitrogens with one attached hydrogen (secondary N) is 2. The molecular weight excluding hydrogens is 352 g/mol.